The predicted molar refractivity (Wildman–Crippen MR) is 73.2 cm³/mol. The molecule has 0 aliphatic rings. The molecule has 0 bridgehead atoms. The molecule has 2 rings (SSSR count). The van der Waals surface area contributed by atoms with Crippen LogP contribution in [0.2, 0.25) is 0 Å². The van der Waals surface area contributed by atoms with Gasteiger partial charge in [0.05, 0.1) is 0 Å². The van der Waals surface area contributed by atoms with Gasteiger partial charge in [-0.1, -0.05) is 6.92 Å². The first-order chi connectivity index (χ1) is 9.72. The fraction of sp³-hybridized carbons (Fsp3) is 0.133. The summed E-state index contributed by atoms with van der Waals surface area (Å²) < 4.78 is 7.07. The third kappa shape index (κ3) is 8.82. The second kappa shape index (κ2) is 11.4. The summed E-state index contributed by atoms with van der Waals surface area (Å²) >= 11 is -1.89. The number of benzene rings is 2. The molecule has 2 aromatic rings. The number of aliphatic carboxylic acids is 1. The Bertz CT molecular complexity index is 452. The zero-order valence-corrected chi connectivity index (χ0v) is 22.7. The molecular weight excluding hydrogens is 627 g/mol. The third-order valence-electron chi connectivity index (χ3n) is 2.65. The van der Waals surface area contributed by atoms with Gasteiger partial charge in [0.2, 0.25) is 0 Å². The quantitative estimate of drug-likeness (QED) is 0.488. The Labute approximate surface area is 145 Å². The predicted octanol–water partition coefficient (Wildman–Crippen LogP) is 1.70. The fourth-order valence-electron chi connectivity index (χ4n) is 1.54. The Hall–Kier alpha value is -0.260. The van der Waals surface area contributed by atoms with Gasteiger partial charge in [-0.15, -0.1) is 0 Å². The van der Waals surface area contributed by atoms with Crippen molar-refractivity contribution in [1.29, 1.82) is 0 Å². The van der Waals surface area contributed by atoms with E-state index >= 15 is 0 Å². The van der Waals surface area contributed by atoms with Crippen LogP contribution in [0, 0.1) is 0 Å². The second-order valence-corrected chi connectivity index (χ2v) is 32.4. The Kier molecular flexibility index (Phi) is 10.1. The van der Waals surface area contributed by atoms with Crippen molar-refractivity contribution < 1.29 is 59.7 Å². The van der Waals surface area contributed by atoms with Crippen LogP contribution in [0.4, 0.5) is 0 Å². The van der Waals surface area contributed by atoms with E-state index in [2.05, 4.69) is 61.5 Å². The summed E-state index contributed by atoms with van der Waals surface area (Å²) in [4.78, 5) is 9.37. The minimum absolute atomic E-state index is 0.222. The molecule has 0 spiro atoms. The standard InChI is InChI=1S/2C6H5.C3H6O2.2Hg.HN/c2*1-2-4-6-5-3-1;1-2-3(4)5;;;/h2*1-5H;2H2,1H3,(H,4,5);;;1H. The Morgan fingerprint density at radius 2 is 1.30 bits per heavy atom. The minimum atomic E-state index is -0.945. The average molecular weight is 644 g/mol. The number of hydrogen-bond donors (Lipinski definition) is 2. The summed E-state index contributed by atoms with van der Waals surface area (Å²) in [5, 5.41) is 7.72. The van der Waals surface area contributed by atoms with Gasteiger partial charge < -0.3 is 5.11 Å². The molecule has 20 heavy (non-hydrogen) atoms. The van der Waals surface area contributed by atoms with Crippen LogP contribution in [0.1, 0.15) is 13.3 Å². The summed E-state index contributed by atoms with van der Waals surface area (Å²) in [5.41, 5.74) is 0. The van der Waals surface area contributed by atoms with Crippen LogP contribution in [0.15, 0.2) is 60.7 Å². The van der Waals surface area contributed by atoms with Gasteiger partial charge >= 0.3 is 123 Å². The molecule has 0 amide bonds. The van der Waals surface area contributed by atoms with Crippen molar-refractivity contribution in [2.75, 3.05) is 0 Å². The molecule has 2 N–H and O–H groups in total. The van der Waals surface area contributed by atoms with E-state index in [0.717, 1.165) is 0 Å². The first-order valence-corrected chi connectivity index (χ1v) is 17.7. The molecule has 0 atom stereocenters. The van der Waals surface area contributed by atoms with E-state index in [4.69, 9.17) is 5.11 Å². The number of nitrogens with one attached hydrogen (secondary N) is 1. The number of rotatable bonds is 5. The zero-order chi connectivity index (χ0) is 14.6. The summed E-state index contributed by atoms with van der Waals surface area (Å²) in [7, 11) is 0. The van der Waals surface area contributed by atoms with Gasteiger partial charge in [0.1, 0.15) is 0 Å². The maximum atomic E-state index is 9.37. The third-order valence-corrected chi connectivity index (χ3v) is 28.5. The van der Waals surface area contributed by atoms with Gasteiger partial charge in [-0.3, -0.25) is 4.79 Å². The average Bonchev–Trinajstić information content (AvgIpc) is 2.50. The van der Waals surface area contributed by atoms with Crippen LogP contribution in [0.5, 0.6) is 0 Å². The molecule has 0 saturated carbocycles. The van der Waals surface area contributed by atoms with Crippen molar-refractivity contribution in [1.82, 2.24) is 0.845 Å². The van der Waals surface area contributed by atoms with E-state index in [-0.39, 0.29) is 6.42 Å². The van der Waals surface area contributed by atoms with Gasteiger partial charge in [0.25, 0.3) is 0 Å². The SMILES string of the molecule is CCC(=O)O.c1cc[c]([Hg][NH][Hg][c]2ccccc2)cc1. The van der Waals surface area contributed by atoms with Crippen LogP contribution >= 0.6 is 0 Å². The molecule has 0 aliphatic heterocycles. The molecular formula is C15H17Hg2NO2. The Balaban J connectivity index is 0.000000347. The molecule has 0 fully saturated rings. The number of hydrogen-bond acceptors (Lipinski definition) is 2. The summed E-state index contributed by atoms with van der Waals surface area (Å²) in [6.07, 6.45) is 0.222. The summed E-state index contributed by atoms with van der Waals surface area (Å²) in [6.45, 7) is 1.60. The van der Waals surface area contributed by atoms with Gasteiger partial charge in [0.15, 0.2) is 0 Å². The van der Waals surface area contributed by atoms with E-state index in [1.807, 2.05) is 0 Å². The van der Waals surface area contributed by atoms with Crippen LogP contribution in [-0.2, 0) is 54.5 Å². The van der Waals surface area contributed by atoms with Crippen molar-refractivity contribution in [2.24, 2.45) is 0 Å². The van der Waals surface area contributed by atoms with Crippen molar-refractivity contribution in [3.63, 3.8) is 0 Å². The molecule has 0 aromatic heterocycles. The van der Waals surface area contributed by atoms with Crippen LogP contribution in [-0.4, -0.2) is 11.1 Å². The topological polar surface area (TPSA) is 49.3 Å². The summed E-state index contributed by atoms with van der Waals surface area (Å²) in [6, 6.07) is 21.9. The number of carbonyl (C=O) groups is 1. The monoisotopic (exact) mass is 647 g/mol. The van der Waals surface area contributed by atoms with E-state index in [1.165, 1.54) is 0 Å². The molecule has 98 valence electrons. The van der Waals surface area contributed by atoms with Crippen LogP contribution in [0.3, 0.4) is 0 Å². The van der Waals surface area contributed by atoms with E-state index in [1.54, 1.807) is 13.1 Å². The van der Waals surface area contributed by atoms with E-state index in [9.17, 15) is 4.79 Å². The van der Waals surface area contributed by atoms with Crippen molar-refractivity contribution >= 4 is 12.1 Å². The first-order valence-electron chi connectivity index (χ1n) is 6.72. The molecule has 0 radical (unpaired) electrons. The number of carboxylic acids is 1. The van der Waals surface area contributed by atoms with Crippen molar-refractivity contribution in [3.05, 3.63) is 60.7 Å². The second-order valence-electron chi connectivity index (χ2n) is 4.32. The molecule has 0 saturated heterocycles. The van der Waals surface area contributed by atoms with E-state index in [0.29, 0.717) is 0 Å². The molecule has 0 unspecified atom stereocenters. The zero-order valence-electron chi connectivity index (χ0n) is 11.8. The van der Waals surface area contributed by atoms with Crippen molar-refractivity contribution in [2.45, 2.75) is 13.3 Å². The Morgan fingerprint density at radius 1 is 0.950 bits per heavy atom. The summed E-state index contributed by atoms with van der Waals surface area (Å²) in [5.74, 6) is -0.745. The molecule has 3 nitrogen and oxygen atoms in total. The van der Waals surface area contributed by atoms with Crippen LogP contribution < -0.4 is 6.99 Å². The molecule has 0 heterocycles. The molecule has 0 aliphatic carbocycles. The molecule has 5 heteroatoms. The van der Waals surface area contributed by atoms with Gasteiger partial charge in [0, 0.05) is 6.42 Å². The maximum absolute atomic E-state index is 9.37. The Morgan fingerprint density at radius 3 is 1.60 bits per heavy atom. The first kappa shape index (κ1) is 17.8. The van der Waals surface area contributed by atoms with Gasteiger partial charge in [-0.05, 0) is 0 Å². The fourth-order valence-corrected chi connectivity index (χ4v) is 32.2. The van der Waals surface area contributed by atoms with Gasteiger partial charge in [-0.2, -0.15) is 0 Å². The number of carboxylic acid groups (broad SMARTS) is 1. The van der Waals surface area contributed by atoms with Crippen LogP contribution in [0.25, 0.3) is 0 Å². The normalized spacial score (nSPS) is 8.65. The van der Waals surface area contributed by atoms with E-state index < -0.39 is 55.7 Å². The van der Waals surface area contributed by atoms with Crippen molar-refractivity contribution in [3.8, 4) is 0 Å². The molecule has 2 aromatic carbocycles. The van der Waals surface area contributed by atoms with Gasteiger partial charge in [-0.25, -0.2) is 0 Å².